The quantitative estimate of drug-likeness (QED) is 0.240. The van der Waals surface area contributed by atoms with Crippen molar-refractivity contribution in [3.8, 4) is 5.75 Å². The number of ketones is 1. The topological polar surface area (TPSA) is 92.6 Å². The van der Waals surface area contributed by atoms with Gasteiger partial charge in [0.25, 0.3) is 5.78 Å². The highest BCUT2D eigenvalue weighted by atomic mass is 35.5. The maximum Gasteiger partial charge on any atom is 0.301 e. The number of benzene rings is 2. The van der Waals surface area contributed by atoms with Crippen molar-refractivity contribution in [2.75, 3.05) is 12.0 Å². The monoisotopic (exact) mass is 495 g/mol. The SMILES string of the molecule is COc1ccccc1/C(O)=C1\C(=O)C(=O)N(c2nc3cc(Cl)c(F)cc3s2)C1c1ccccn1. The van der Waals surface area contributed by atoms with E-state index in [-0.39, 0.29) is 21.3 Å². The molecule has 0 saturated carbocycles. The number of methoxy groups -OCH3 is 1. The minimum absolute atomic E-state index is 0.108. The average Bonchev–Trinajstić information content (AvgIpc) is 3.37. The number of rotatable bonds is 4. The van der Waals surface area contributed by atoms with Gasteiger partial charge >= 0.3 is 5.91 Å². The van der Waals surface area contributed by atoms with Crippen molar-refractivity contribution >= 4 is 55.7 Å². The van der Waals surface area contributed by atoms with Crippen LogP contribution in [0, 0.1) is 5.82 Å². The van der Waals surface area contributed by atoms with Crippen LogP contribution in [-0.4, -0.2) is 33.9 Å². The van der Waals surface area contributed by atoms with Crippen LogP contribution in [0.1, 0.15) is 17.3 Å². The van der Waals surface area contributed by atoms with Crippen molar-refractivity contribution in [1.82, 2.24) is 9.97 Å². The number of thiazole rings is 1. The first kappa shape index (κ1) is 22.0. The fraction of sp³-hybridized carbons (Fsp3) is 0.0833. The minimum atomic E-state index is -1.06. The fourth-order valence-electron chi connectivity index (χ4n) is 3.85. The number of fused-ring (bicyclic) bond motifs is 1. The van der Waals surface area contributed by atoms with E-state index in [1.54, 1.807) is 42.5 Å². The van der Waals surface area contributed by atoms with E-state index in [1.165, 1.54) is 30.3 Å². The second-order valence-corrected chi connectivity index (χ2v) is 8.77. The molecule has 1 aliphatic rings. The van der Waals surface area contributed by atoms with Gasteiger partial charge in [0, 0.05) is 6.20 Å². The fourth-order valence-corrected chi connectivity index (χ4v) is 5.00. The highest BCUT2D eigenvalue weighted by Crippen LogP contribution is 2.44. The number of pyridine rings is 1. The van der Waals surface area contributed by atoms with Crippen LogP contribution in [0.25, 0.3) is 16.0 Å². The number of amides is 1. The highest BCUT2D eigenvalue weighted by Gasteiger charge is 2.49. The number of aliphatic hydroxyl groups excluding tert-OH is 1. The number of aromatic nitrogens is 2. The zero-order valence-electron chi connectivity index (χ0n) is 17.5. The first-order valence-corrected chi connectivity index (χ1v) is 11.2. The Morgan fingerprint density at radius 3 is 2.68 bits per heavy atom. The van der Waals surface area contributed by atoms with Crippen LogP contribution in [0.5, 0.6) is 5.75 Å². The average molecular weight is 496 g/mol. The lowest BCUT2D eigenvalue weighted by atomic mass is 9.98. The van der Waals surface area contributed by atoms with Crippen molar-refractivity contribution in [1.29, 1.82) is 0 Å². The molecule has 1 atom stereocenters. The van der Waals surface area contributed by atoms with Crippen molar-refractivity contribution in [2.45, 2.75) is 6.04 Å². The van der Waals surface area contributed by atoms with Crippen LogP contribution in [0.3, 0.4) is 0 Å². The maximum absolute atomic E-state index is 14.0. The van der Waals surface area contributed by atoms with Crippen LogP contribution in [-0.2, 0) is 9.59 Å². The summed E-state index contributed by atoms with van der Waals surface area (Å²) >= 11 is 6.91. The summed E-state index contributed by atoms with van der Waals surface area (Å²) in [5.41, 5.74) is 0.818. The molecule has 0 radical (unpaired) electrons. The third-order valence-electron chi connectivity index (χ3n) is 5.40. The number of carbonyl (C=O) groups is 2. The predicted octanol–water partition coefficient (Wildman–Crippen LogP) is 5.12. The standard InChI is InChI=1S/C24H15ClFN3O4S/c1-33-17-8-3-2-6-12(17)21(30)19-20(15-7-4-5-9-27-15)29(23(32)22(19)31)24-28-16-10-13(25)14(26)11-18(16)34-24/h2-11,20,30H,1H3/b21-19+. The Hall–Kier alpha value is -3.82. The molecule has 0 spiro atoms. The molecule has 4 aromatic rings. The Labute approximate surface area is 201 Å². The molecule has 0 bridgehead atoms. The van der Waals surface area contributed by atoms with E-state index in [0.717, 1.165) is 11.3 Å². The van der Waals surface area contributed by atoms with E-state index in [2.05, 4.69) is 9.97 Å². The van der Waals surface area contributed by atoms with E-state index in [4.69, 9.17) is 16.3 Å². The molecule has 2 aromatic heterocycles. The van der Waals surface area contributed by atoms with Crippen LogP contribution >= 0.6 is 22.9 Å². The molecule has 1 unspecified atom stereocenters. The van der Waals surface area contributed by atoms with Crippen molar-refractivity contribution in [2.24, 2.45) is 0 Å². The molecule has 170 valence electrons. The van der Waals surface area contributed by atoms with Gasteiger partial charge in [0.05, 0.1) is 39.2 Å². The van der Waals surface area contributed by atoms with Gasteiger partial charge in [0.15, 0.2) is 5.13 Å². The first-order chi connectivity index (χ1) is 16.4. The summed E-state index contributed by atoms with van der Waals surface area (Å²) in [6.07, 6.45) is 1.52. The Bertz CT molecular complexity index is 1450. The van der Waals surface area contributed by atoms with Crippen LogP contribution in [0.2, 0.25) is 5.02 Å². The van der Waals surface area contributed by atoms with Gasteiger partial charge in [-0.15, -0.1) is 0 Å². The number of halogens is 2. The van der Waals surface area contributed by atoms with Gasteiger partial charge in [-0.1, -0.05) is 41.1 Å². The van der Waals surface area contributed by atoms with Crippen molar-refractivity contribution in [3.63, 3.8) is 0 Å². The molecule has 0 aliphatic carbocycles. The van der Waals surface area contributed by atoms with Crippen molar-refractivity contribution < 1.29 is 23.8 Å². The smallest absolute Gasteiger partial charge is 0.301 e. The molecule has 7 nitrogen and oxygen atoms in total. The molecule has 1 fully saturated rings. The Kier molecular flexibility index (Phi) is 5.51. The van der Waals surface area contributed by atoms with Gasteiger partial charge < -0.3 is 9.84 Å². The van der Waals surface area contributed by atoms with E-state index < -0.39 is 29.3 Å². The van der Waals surface area contributed by atoms with E-state index in [1.807, 2.05) is 0 Å². The number of aliphatic hydroxyl groups is 1. The van der Waals surface area contributed by atoms with Crippen LogP contribution in [0.15, 0.2) is 66.4 Å². The number of para-hydroxylation sites is 1. The van der Waals surface area contributed by atoms with E-state index in [0.29, 0.717) is 21.7 Å². The summed E-state index contributed by atoms with van der Waals surface area (Å²) in [7, 11) is 1.44. The number of ether oxygens (including phenoxy) is 1. The van der Waals surface area contributed by atoms with Gasteiger partial charge in [-0.25, -0.2) is 9.37 Å². The molecular formula is C24H15ClFN3O4S. The lowest BCUT2D eigenvalue weighted by molar-refractivity contribution is -0.132. The molecular weight excluding hydrogens is 481 g/mol. The lowest BCUT2D eigenvalue weighted by Gasteiger charge is -2.22. The molecule has 2 aromatic carbocycles. The summed E-state index contributed by atoms with van der Waals surface area (Å²) < 4.78 is 19.8. The molecule has 5 rings (SSSR count). The zero-order chi connectivity index (χ0) is 24.0. The summed E-state index contributed by atoms with van der Waals surface area (Å²) in [4.78, 5) is 36.4. The molecule has 1 aliphatic heterocycles. The Morgan fingerprint density at radius 2 is 1.94 bits per heavy atom. The number of carbonyl (C=O) groups excluding carboxylic acids is 2. The summed E-state index contributed by atoms with van der Waals surface area (Å²) in [6, 6.07) is 13.2. The van der Waals surface area contributed by atoms with Gasteiger partial charge in [0.2, 0.25) is 0 Å². The van der Waals surface area contributed by atoms with Gasteiger partial charge in [-0.2, -0.15) is 0 Å². The normalized spacial score (nSPS) is 17.5. The second kappa shape index (κ2) is 8.51. The zero-order valence-corrected chi connectivity index (χ0v) is 19.1. The number of nitrogens with zero attached hydrogens (tertiary/aromatic N) is 3. The molecule has 34 heavy (non-hydrogen) atoms. The predicted molar refractivity (Wildman–Crippen MR) is 127 cm³/mol. The molecule has 1 amide bonds. The second-order valence-electron chi connectivity index (χ2n) is 7.35. The molecule has 3 heterocycles. The lowest BCUT2D eigenvalue weighted by Crippen LogP contribution is -2.29. The Morgan fingerprint density at radius 1 is 1.18 bits per heavy atom. The highest BCUT2D eigenvalue weighted by molar-refractivity contribution is 7.22. The van der Waals surface area contributed by atoms with Gasteiger partial charge in [0.1, 0.15) is 23.4 Å². The van der Waals surface area contributed by atoms with Crippen LogP contribution in [0.4, 0.5) is 9.52 Å². The summed E-state index contributed by atoms with van der Waals surface area (Å²) in [5, 5.41) is 11.3. The largest absolute Gasteiger partial charge is 0.507 e. The Balaban J connectivity index is 1.74. The minimum Gasteiger partial charge on any atom is -0.507 e. The number of hydrogen-bond donors (Lipinski definition) is 1. The van der Waals surface area contributed by atoms with E-state index in [9.17, 15) is 19.1 Å². The number of hydrogen-bond acceptors (Lipinski definition) is 7. The molecule has 10 heteroatoms. The molecule has 1 saturated heterocycles. The first-order valence-electron chi connectivity index (χ1n) is 10.0. The number of anilines is 1. The summed E-state index contributed by atoms with van der Waals surface area (Å²) in [6.45, 7) is 0. The van der Waals surface area contributed by atoms with Gasteiger partial charge in [-0.05, 0) is 36.4 Å². The van der Waals surface area contributed by atoms with Crippen molar-refractivity contribution in [3.05, 3.63) is 88.5 Å². The summed E-state index contributed by atoms with van der Waals surface area (Å²) in [5.74, 6) is -2.48. The maximum atomic E-state index is 14.0. The number of Topliss-reactive ketones (excluding diaryl/α,β-unsaturated/α-hetero) is 1. The van der Waals surface area contributed by atoms with Crippen LogP contribution < -0.4 is 9.64 Å². The van der Waals surface area contributed by atoms with Gasteiger partial charge in [-0.3, -0.25) is 19.5 Å². The third kappa shape index (κ3) is 3.49. The third-order valence-corrected chi connectivity index (χ3v) is 6.71. The molecule has 1 N–H and O–H groups in total. The van der Waals surface area contributed by atoms with E-state index >= 15 is 0 Å².